The van der Waals surface area contributed by atoms with Gasteiger partial charge in [-0.05, 0) is 31.3 Å². The normalized spacial score (nSPS) is 27.9. The molecule has 0 saturated heterocycles. The van der Waals surface area contributed by atoms with E-state index in [1.54, 1.807) is 12.2 Å². The lowest BCUT2D eigenvalue weighted by Gasteiger charge is -2.28. The Balaban J connectivity index is 2.25. The van der Waals surface area contributed by atoms with Crippen molar-refractivity contribution in [1.29, 1.82) is 0 Å². The minimum absolute atomic E-state index is 0.0465. The van der Waals surface area contributed by atoms with E-state index < -0.39 is 0 Å². The minimum atomic E-state index is 0.0465. The number of carbonyl (C=O) groups is 1. The van der Waals surface area contributed by atoms with Crippen LogP contribution in [0.3, 0.4) is 0 Å². The van der Waals surface area contributed by atoms with Crippen LogP contribution in [0.25, 0.3) is 0 Å². The van der Waals surface area contributed by atoms with Crippen LogP contribution < -0.4 is 5.32 Å². The predicted molar refractivity (Wildman–Crippen MR) is 58.9 cm³/mol. The Morgan fingerprint density at radius 1 is 1.43 bits per heavy atom. The van der Waals surface area contributed by atoms with Gasteiger partial charge in [0.1, 0.15) is 0 Å². The van der Waals surface area contributed by atoms with Crippen molar-refractivity contribution in [3.63, 3.8) is 0 Å². The summed E-state index contributed by atoms with van der Waals surface area (Å²) >= 11 is 0. The van der Waals surface area contributed by atoms with E-state index in [-0.39, 0.29) is 5.91 Å². The highest BCUT2D eigenvalue weighted by molar-refractivity contribution is 5.87. The van der Waals surface area contributed by atoms with Crippen LogP contribution in [0.2, 0.25) is 0 Å². The molecule has 2 nitrogen and oxygen atoms in total. The van der Waals surface area contributed by atoms with Gasteiger partial charge in [-0.3, -0.25) is 4.79 Å². The zero-order valence-electron chi connectivity index (χ0n) is 9.25. The standard InChI is InChI=1S/C12H21NO/c1-3-6-12(14)13-9-11-8-5-4-7-10(11)2/h3,6,10-11H,4-5,7-9H2,1-2H3,(H,13,14). The third-order valence-electron chi connectivity index (χ3n) is 3.15. The van der Waals surface area contributed by atoms with Crippen molar-refractivity contribution >= 4 is 5.91 Å². The second-order valence-electron chi connectivity index (χ2n) is 4.27. The number of amides is 1. The van der Waals surface area contributed by atoms with E-state index in [0.29, 0.717) is 5.92 Å². The largest absolute Gasteiger partial charge is 0.352 e. The number of hydrogen-bond donors (Lipinski definition) is 1. The van der Waals surface area contributed by atoms with Crippen LogP contribution in [0.1, 0.15) is 39.5 Å². The Bertz CT molecular complexity index is 210. The van der Waals surface area contributed by atoms with Gasteiger partial charge < -0.3 is 5.32 Å². The van der Waals surface area contributed by atoms with Crippen LogP contribution in [0.4, 0.5) is 0 Å². The molecule has 0 aromatic rings. The highest BCUT2D eigenvalue weighted by Crippen LogP contribution is 2.28. The summed E-state index contributed by atoms with van der Waals surface area (Å²) in [6.07, 6.45) is 8.66. The summed E-state index contributed by atoms with van der Waals surface area (Å²) < 4.78 is 0. The molecule has 0 aromatic carbocycles. The average Bonchev–Trinajstić information content (AvgIpc) is 2.17. The summed E-state index contributed by atoms with van der Waals surface area (Å²) in [6, 6.07) is 0. The van der Waals surface area contributed by atoms with Gasteiger partial charge in [0.05, 0.1) is 0 Å². The molecule has 2 atom stereocenters. The molecule has 2 heteroatoms. The van der Waals surface area contributed by atoms with Crippen LogP contribution in [0, 0.1) is 11.8 Å². The van der Waals surface area contributed by atoms with Crippen molar-refractivity contribution in [2.45, 2.75) is 39.5 Å². The first-order valence-electron chi connectivity index (χ1n) is 5.64. The zero-order chi connectivity index (χ0) is 10.4. The maximum absolute atomic E-state index is 11.2. The molecular weight excluding hydrogens is 174 g/mol. The van der Waals surface area contributed by atoms with E-state index in [1.807, 2.05) is 6.92 Å². The monoisotopic (exact) mass is 195 g/mol. The Hall–Kier alpha value is -0.790. The Morgan fingerprint density at radius 2 is 2.14 bits per heavy atom. The van der Waals surface area contributed by atoms with Crippen molar-refractivity contribution in [2.75, 3.05) is 6.54 Å². The SMILES string of the molecule is CC=CC(=O)NCC1CCCCC1C. The lowest BCUT2D eigenvalue weighted by molar-refractivity contribution is -0.116. The zero-order valence-corrected chi connectivity index (χ0v) is 9.25. The van der Waals surface area contributed by atoms with Crippen LogP contribution >= 0.6 is 0 Å². The number of carbonyl (C=O) groups excluding carboxylic acids is 1. The molecule has 1 fully saturated rings. The van der Waals surface area contributed by atoms with Crippen molar-refractivity contribution in [2.24, 2.45) is 11.8 Å². The Labute approximate surface area is 86.8 Å². The first kappa shape index (κ1) is 11.3. The lowest BCUT2D eigenvalue weighted by Crippen LogP contribution is -2.32. The van der Waals surface area contributed by atoms with Crippen LogP contribution in [0.15, 0.2) is 12.2 Å². The molecule has 0 bridgehead atoms. The Morgan fingerprint density at radius 3 is 2.79 bits per heavy atom. The van der Waals surface area contributed by atoms with Gasteiger partial charge in [-0.1, -0.05) is 32.3 Å². The molecule has 0 aliphatic heterocycles. The van der Waals surface area contributed by atoms with E-state index in [1.165, 1.54) is 25.7 Å². The Kier molecular flexibility index (Phi) is 4.71. The van der Waals surface area contributed by atoms with Gasteiger partial charge in [0.15, 0.2) is 0 Å². The summed E-state index contributed by atoms with van der Waals surface area (Å²) in [5, 5.41) is 2.96. The number of allylic oxidation sites excluding steroid dienone is 1. The number of nitrogens with one attached hydrogen (secondary N) is 1. The van der Waals surface area contributed by atoms with Gasteiger partial charge in [-0.15, -0.1) is 0 Å². The topological polar surface area (TPSA) is 29.1 Å². The van der Waals surface area contributed by atoms with Crippen molar-refractivity contribution < 1.29 is 4.79 Å². The smallest absolute Gasteiger partial charge is 0.243 e. The van der Waals surface area contributed by atoms with Crippen molar-refractivity contribution in [3.8, 4) is 0 Å². The molecule has 1 aliphatic carbocycles. The molecule has 0 radical (unpaired) electrons. The van der Waals surface area contributed by atoms with Gasteiger partial charge in [-0.25, -0.2) is 0 Å². The second-order valence-corrected chi connectivity index (χ2v) is 4.27. The molecule has 0 heterocycles. The highest BCUT2D eigenvalue weighted by Gasteiger charge is 2.20. The summed E-state index contributed by atoms with van der Waals surface area (Å²) in [7, 11) is 0. The van der Waals surface area contributed by atoms with Gasteiger partial charge >= 0.3 is 0 Å². The maximum Gasteiger partial charge on any atom is 0.243 e. The van der Waals surface area contributed by atoms with E-state index in [4.69, 9.17) is 0 Å². The minimum Gasteiger partial charge on any atom is -0.352 e. The number of hydrogen-bond acceptors (Lipinski definition) is 1. The summed E-state index contributed by atoms with van der Waals surface area (Å²) in [6.45, 7) is 5.01. The van der Waals surface area contributed by atoms with E-state index in [2.05, 4.69) is 12.2 Å². The molecule has 1 aliphatic rings. The summed E-state index contributed by atoms with van der Waals surface area (Å²) in [5.74, 6) is 1.51. The third-order valence-corrected chi connectivity index (χ3v) is 3.15. The summed E-state index contributed by atoms with van der Waals surface area (Å²) in [4.78, 5) is 11.2. The molecule has 1 rings (SSSR count). The fourth-order valence-corrected chi connectivity index (χ4v) is 2.14. The first-order chi connectivity index (χ1) is 6.74. The maximum atomic E-state index is 11.2. The fraction of sp³-hybridized carbons (Fsp3) is 0.750. The van der Waals surface area contributed by atoms with Gasteiger partial charge in [0, 0.05) is 6.54 Å². The highest BCUT2D eigenvalue weighted by atomic mass is 16.1. The fourth-order valence-electron chi connectivity index (χ4n) is 2.14. The van der Waals surface area contributed by atoms with E-state index >= 15 is 0 Å². The second kappa shape index (κ2) is 5.84. The van der Waals surface area contributed by atoms with Crippen molar-refractivity contribution in [1.82, 2.24) is 5.32 Å². The number of rotatable bonds is 3. The molecule has 1 N–H and O–H groups in total. The molecule has 1 amide bonds. The average molecular weight is 195 g/mol. The van der Waals surface area contributed by atoms with Gasteiger partial charge in [0.2, 0.25) is 5.91 Å². The summed E-state index contributed by atoms with van der Waals surface area (Å²) in [5.41, 5.74) is 0. The van der Waals surface area contributed by atoms with Gasteiger partial charge in [0.25, 0.3) is 0 Å². The van der Waals surface area contributed by atoms with Crippen LogP contribution in [0.5, 0.6) is 0 Å². The molecule has 0 spiro atoms. The predicted octanol–water partition coefficient (Wildman–Crippen LogP) is 2.51. The van der Waals surface area contributed by atoms with Crippen molar-refractivity contribution in [3.05, 3.63) is 12.2 Å². The van der Waals surface area contributed by atoms with Gasteiger partial charge in [-0.2, -0.15) is 0 Å². The molecule has 80 valence electrons. The van der Waals surface area contributed by atoms with Crippen LogP contribution in [-0.4, -0.2) is 12.5 Å². The quantitative estimate of drug-likeness (QED) is 0.689. The van der Waals surface area contributed by atoms with E-state index in [0.717, 1.165) is 12.5 Å². The molecule has 14 heavy (non-hydrogen) atoms. The molecular formula is C12H21NO. The van der Waals surface area contributed by atoms with Crippen LogP contribution in [-0.2, 0) is 4.79 Å². The van der Waals surface area contributed by atoms with E-state index in [9.17, 15) is 4.79 Å². The molecule has 1 saturated carbocycles. The lowest BCUT2D eigenvalue weighted by atomic mass is 9.80. The first-order valence-corrected chi connectivity index (χ1v) is 5.64. The third kappa shape index (κ3) is 3.52. The molecule has 0 aromatic heterocycles. The molecule has 2 unspecified atom stereocenters.